The van der Waals surface area contributed by atoms with Crippen molar-refractivity contribution in [1.82, 2.24) is 4.90 Å². The van der Waals surface area contributed by atoms with Crippen molar-refractivity contribution in [1.29, 1.82) is 0 Å². The molecule has 1 aromatic carbocycles. The molecule has 0 radical (unpaired) electrons. The number of allylic oxidation sites excluding steroid dienone is 12. The summed E-state index contributed by atoms with van der Waals surface area (Å²) in [6, 6.07) is 7.15. The van der Waals surface area contributed by atoms with Crippen LogP contribution in [0.2, 0.25) is 0 Å². The molecule has 1 aliphatic heterocycles. The number of rotatable bonds is 15. The number of hydrogen-bond donors (Lipinski definition) is 0. The molecule has 1 saturated heterocycles. The first-order valence-corrected chi connectivity index (χ1v) is 16.6. The summed E-state index contributed by atoms with van der Waals surface area (Å²) < 4.78 is 5.84. The second-order valence-electron chi connectivity index (χ2n) is 12.3. The molecule has 3 heteroatoms. The summed E-state index contributed by atoms with van der Waals surface area (Å²) in [5.41, 5.74) is 3.25. The lowest BCUT2D eigenvalue weighted by Gasteiger charge is -2.58. The first kappa shape index (κ1) is 32.0. The molecule has 1 aromatic rings. The third kappa shape index (κ3) is 9.04. The summed E-state index contributed by atoms with van der Waals surface area (Å²) in [7, 11) is 2.31. The van der Waals surface area contributed by atoms with E-state index in [9.17, 15) is 4.79 Å². The molecule has 0 N–H and O–H groups in total. The number of likely N-dealkylation sites (N-methyl/N-ethyl adjacent to an activating group) is 1. The van der Waals surface area contributed by atoms with Crippen LogP contribution in [-0.4, -0.2) is 30.5 Å². The minimum atomic E-state index is -0.135. The zero-order valence-electron chi connectivity index (χ0n) is 26.2. The Kier molecular flexibility index (Phi) is 13.2. The van der Waals surface area contributed by atoms with E-state index in [-0.39, 0.29) is 11.4 Å². The maximum absolute atomic E-state index is 12.6. The van der Waals surface area contributed by atoms with E-state index in [1.54, 1.807) is 0 Å². The molecule has 3 atom stereocenters. The minimum absolute atomic E-state index is 0.135. The largest absolute Gasteiger partial charge is 0.427 e. The molecule has 42 heavy (non-hydrogen) atoms. The number of ether oxygens (including phenoxy) is 1. The predicted molar refractivity (Wildman–Crippen MR) is 178 cm³/mol. The molecule has 3 nitrogen and oxygen atoms in total. The van der Waals surface area contributed by atoms with E-state index in [1.807, 2.05) is 6.07 Å². The van der Waals surface area contributed by atoms with Gasteiger partial charge in [0.1, 0.15) is 5.75 Å². The van der Waals surface area contributed by atoms with Crippen molar-refractivity contribution >= 4 is 5.97 Å². The molecule has 0 spiro atoms. The van der Waals surface area contributed by atoms with Crippen LogP contribution >= 0.6 is 0 Å². The average Bonchev–Trinajstić information content (AvgIpc) is 3.00. The number of carbonyl (C=O) groups is 1. The Labute approximate surface area is 255 Å². The van der Waals surface area contributed by atoms with Crippen molar-refractivity contribution < 1.29 is 9.53 Å². The van der Waals surface area contributed by atoms with Crippen molar-refractivity contribution in [2.45, 2.75) is 108 Å². The highest BCUT2D eigenvalue weighted by molar-refractivity contribution is 5.72. The third-order valence-corrected chi connectivity index (χ3v) is 9.43. The van der Waals surface area contributed by atoms with Gasteiger partial charge in [0.15, 0.2) is 0 Å². The van der Waals surface area contributed by atoms with Crippen LogP contribution in [0.15, 0.2) is 91.1 Å². The van der Waals surface area contributed by atoms with Crippen LogP contribution in [0.25, 0.3) is 0 Å². The van der Waals surface area contributed by atoms with Crippen molar-refractivity contribution in [3.8, 4) is 5.75 Å². The van der Waals surface area contributed by atoms with Gasteiger partial charge in [-0.2, -0.15) is 0 Å². The highest BCUT2D eigenvalue weighted by Crippen LogP contribution is 2.55. The van der Waals surface area contributed by atoms with Gasteiger partial charge in [-0.15, -0.1) is 0 Å². The number of fused-ring (bicyclic) bond motifs is 1. The summed E-state index contributed by atoms with van der Waals surface area (Å²) in [5.74, 6) is 1.35. The molecule has 226 valence electrons. The molecule has 1 heterocycles. The molecule has 0 aromatic heterocycles. The smallest absolute Gasteiger partial charge is 0.311 e. The topological polar surface area (TPSA) is 29.5 Å². The molecule has 2 aliphatic carbocycles. The number of piperidine rings is 1. The highest BCUT2D eigenvalue weighted by atomic mass is 16.5. The summed E-state index contributed by atoms with van der Waals surface area (Å²) in [6.45, 7) is 3.34. The van der Waals surface area contributed by atoms with Crippen LogP contribution in [0, 0.1) is 5.92 Å². The van der Waals surface area contributed by atoms with Crippen molar-refractivity contribution in [3.63, 3.8) is 0 Å². The number of benzene rings is 1. The Hall–Kier alpha value is -2.91. The Balaban J connectivity index is 1.11. The van der Waals surface area contributed by atoms with E-state index < -0.39 is 0 Å². The Morgan fingerprint density at radius 3 is 2.12 bits per heavy atom. The van der Waals surface area contributed by atoms with Gasteiger partial charge in [0.25, 0.3) is 0 Å². The van der Waals surface area contributed by atoms with Gasteiger partial charge >= 0.3 is 5.97 Å². The highest BCUT2D eigenvalue weighted by Gasteiger charge is 2.53. The van der Waals surface area contributed by atoms with Crippen molar-refractivity contribution in [3.05, 3.63) is 102 Å². The van der Waals surface area contributed by atoms with E-state index in [0.29, 0.717) is 18.9 Å². The lowest BCUT2D eigenvalue weighted by atomic mass is 9.52. The van der Waals surface area contributed by atoms with Crippen molar-refractivity contribution in [2.24, 2.45) is 5.92 Å². The van der Waals surface area contributed by atoms with E-state index >= 15 is 0 Å². The first-order valence-electron chi connectivity index (χ1n) is 16.6. The van der Waals surface area contributed by atoms with Gasteiger partial charge in [-0.3, -0.25) is 4.79 Å². The quantitative estimate of drug-likeness (QED) is 0.120. The normalized spacial score (nSPS) is 24.5. The molecule has 0 unspecified atom stereocenters. The Morgan fingerprint density at radius 2 is 1.48 bits per heavy atom. The fourth-order valence-electron chi connectivity index (χ4n) is 7.26. The molecule has 2 fully saturated rings. The van der Waals surface area contributed by atoms with E-state index in [1.165, 1.54) is 49.8 Å². The number of carbonyl (C=O) groups excluding carboxylic acids is 1. The predicted octanol–water partition coefficient (Wildman–Crippen LogP) is 9.76. The molecular formula is C39H53NO2. The second-order valence-corrected chi connectivity index (χ2v) is 12.3. The molecule has 2 bridgehead atoms. The third-order valence-electron chi connectivity index (χ3n) is 9.43. The summed E-state index contributed by atoms with van der Waals surface area (Å²) >= 11 is 0. The van der Waals surface area contributed by atoms with Gasteiger partial charge in [-0.1, -0.05) is 98.7 Å². The number of nitrogens with zero attached hydrogens (tertiary/aromatic N) is 1. The zero-order chi connectivity index (χ0) is 29.5. The van der Waals surface area contributed by atoms with E-state index in [2.05, 4.69) is 104 Å². The van der Waals surface area contributed by atoms with E-state index in [4.69, 9.17) is 4.74 Å². The minimum Gasteiger partial charge on any atom is -0.427 e. The monoisotopic (exact) mass is 567 g/mol. The maximum Gasteiger partial charge on any atom is 0.311 e. The van der Waals surface area contributed by atoms with Gasteiger partial charge in [0.05, 0.1) is 0 Å². The number of likely N-dealkylation sites (tertiary alicyclic amines) is 1. The molecule has 4 rings (SSSR count). The van der Waals surface area contributed by atoms with Crippen LogP contribution < -0.4 is 4.74 Å². The number of hydrogen-bond acceptors (Lipinski definition) is 3. The first-order chi connectivity index (χ1) is 20.6. The molecular weight excluding hydrogens is 514 g/mol. The Bertz CT molecular complexity index is 1170. The SMILES string of the molecule is CC/C=C/C/C=C/C/C=C/C/C=C/C/C=C\C/C=C/CCC(=O)Oc1ccc2c(c1)[C@@]13CCCC[C@@H]1[C@@H](C2)N(C)CC3. The molecule has 0 amide bonds. The van der Waals surface area contributed by atoms with Crippen molar-refractivity contribution in [2.75, 3.05) is 13.6 Å². The fourth-order valence-corrected chi connectivity index (χ4v) is 7.26. The van der Waals surface area contributed by atoms with Gasteiger partial charge in [0, 0.05) is 17.9 Å². The van der Waals surface area contributed by atoms with Gasteiger partial charge in [0.2, 0.25) is 0 Å². The lowest BCUT2D eigenvalue weighted by Crippen LogP contribution is -2.59. The van der Waals surface area contributed by atoms with Crippen LogP contribution in [0.4, 0.5) is 0 Å². The van der Waals surface area contributed by atoms with E-state index in [0.717, 1.165) is 56.6 Å². The zero-order valence-corrected chi connectivity index (χ0v) is 26.2. The average molecular weight is 568 g/mol. The Morgan fingerprint density at radius 1 is 0.857 bits per heavy atom. The molecule has 1 saturated carbocycles. The number of esters is 1. The fraction of sp³-hybridized carbons (Fsp3) is 0.513. The van der Waals surface area contributed by atoms with Crippen LogP contribution in [-0.2, 0) is 16.6 Å². The maximum atomic E-state index is 12.6. The van der Waals surface area contributed by atoms with Gasteiger partial charge in [-0.25, -0.2) is 0 Å². The lowest BCUT2D eigenvalue weighted by molar-refractivity contribution is -0.134. The molecule has 3 aliphatic rings. The van der Waals surface area contributed by atoms with Gasteiger partial charge < -0.3 is 9.64 Å². The van der Waals surface area contributed by atoms with Crippen LogP contribution in [0.3, 0.4) is 0 Å². The standard InChI is InChI=1S/C39H53NO2/c1-3-4-5-6-7-8-9-10-11-12-13-14-15-16-17-18-19-20-21-25-38(41)42-34-27-26-33-31-37-35-24-22-23-28-39(35,36(33)32-34)29-30-40(37)2/h4-5,7-8,10-11,13-14,16-17,19-20,26-27,32,35,37H,3,6,9,12,15,18,21-25,28-31H2,1-2H3/b5-4+,8-7+,11-10+,14-13+,17-16-,20-19+/t35-,37-,39-/m1/s1. The van der Waals surface area contributed by atoms with Crippen LogP contribution in [0.1, 0.15) is 102 Å². The summed E-state index contributed by atoms with van der Waals surface area (Å²) in [6.07, 6.45) is 41.2. The summed E-state index contributed by atoms with van der Waals surface area (Å²) in [4.78, 5) is 15.2. The van der Waals surface area contributed by atoms with Gasteiger partial charge in [-0.05, 0) is 113 Å². The second kappa shape index (κ2) is 17.3. The summed E-state index contributed by atoms with van der Waals surface area (Å²) in [5, 5.41) is 0. The van der Waals surface area contributed by atoms with Crippen LogP contribution in [0.5, 0.6) is 5.75 Å².